The lowest BCUT2D eigenvalue weighted by atomic mass is 9.96. The Morgan fingerprint density at radius 1 is 1.16 bits per heavy atom. The molecule has 0 radical (unpaired) electrons. The summed E-state index contributed by atoms with van der Waals surface area (Å²) in [4.78, 5) is 30.1. The fourth-order valence-electron chi connectivity index (χ4n) is 3.30. The number of hydrogen-bond donors (Lipinski definition) is 1. The predicted octanol–water partition coefficient (Wildman–Crippen LogP) is 1.29. The van der Waals surface area contributed by atoms with Gasteiger partial charge in [-0.05, 0) is 19.9 Å². The number of piperazine rings is 1. The van der Waals surface area contributed by atoms with Crippen LogP contribution in [0.3, 0.4) is 0 Å². The van der Waals surface area contributed by atoms with Gasteiger partial charge in [0.15, 0.2) is 0 Å². The molecular weight excluding hydrogens is 316 g/mol. The van der Waals surface area contributed by atoms with Crippen LogP contribution in [0.2, 0.25) is 0 Å². The normalized spacial score (nSPS) is 19.2. The molecule has 138 valence electrons. The molecule has 0 unspecified atom stereocenters. The molecule has 0 atom stereocenters. The molecule has 0 aromatic carbocycles. The van der Waals surface area contributed by atoms with Gasteiger partial charge in [-0.1, -0.05) is 31.3 Å². The van der Waals surface area contributed by atoms with Gasteiger partial charge in [0.25, 0.3) is 0 Å². The summed E-state index contributed by atoms with van der Waals surface area (Å²) in [6, 6.07) is 0.342. The van der Waals surface area contributed by atoms with Crippen LogP contribution in [0.1, 0.15) is 32.1 Å². The van der Waals surface area contributed by atoms with Crippen molar-refractivity contribution in [3.8, 4) is 12.3 Å². The standard InChI is InChI=1S/C19H30N4O2/c1-3-11-21(2)12-7-10-18(24)22-13-15-23(16-14-22)19(25)20-17-8-5-4-6-9-17/h1,7,10,17H,4-6,8-9,11-16H2,2H3,(H,20,25)/b10-7+. The molecule has 25 heavy (non-hydrogen) atoms. The van der Waals surface area contributed by atoms with Crippen molar-refractivity contribution in [1.29, 1.82) is 0 Å². The van der Waals surface area contributed by atoms with Gasteiger partial charge in [-0.25, -0.2) is 4.79 Å². The van der Waals surface area contributed by atoms with Crippen LogP contribution in [-0.4, -0.2) is 79.0 Å². The van der Waals surface area contributed by atoms with Crippen LogP contribution in [0.15, 0.2) is 12.2 Å². The van der Waals surface area contributed by atoms with E-state index in [0.717, 1.165) is 12.8 Å². The SMILES string of the molecule is C#CCN(C)C/C=C/C(=O)N1CCN(C(=O)NC2CCCCC2)CC1. The number of amides is 3. The van der Waals surface area contributed by atoms with Crippen molar-refractivity contribution in [2.45, 2.75) is 38.1 Å². The minimum absolute atomic E-state index is 0.00134. The first-order chi connectivity index (χ1) is 12.1. The van der Waals surface area contributed by atoms with Gasteiger partial charge in [0.05, 0.1) is 6.54 Å². The monoisotopic (exact) mass is 346 g/mol. The molecular formula is C19H30N4O2. The minimum atomic E-state index is 0.00134. The highest BCUT2D eigenvalue weighted by Gasteiger charge is 2.25. The molecule has 0 spiro atoms. The predicted molar refractivity (Wildman–Crippen MR) is 99.0 cm³/mol. The third-order valence-electron chi connectivity index (χ3n) is 4.85. The Kier molecular flexibility index (Phi) is 7.80. The Morgan fingerprint density at radius 3 is 2.44 bits per heavy atom. The van der Waals surface area contributed by atoms with Crippen LogP contribution in [0, 0.1) is 12.3 Å². The second-order valence-corrected chi connectivity index (χ2v) is 6.90. The zero-order valence-electron chi connectivity index (χ0n) is 15.2. The van der Waals surface area contributed by atoms with Crippen molar-refractivity contribution < 1.29 is 9.59 Å². The number of hydrogen-bond acceptors (Lipinski definition) is 3. The number of rotatable bonds is 5. The van der Waals surface area contributed by atoms with Crippen molar-refractivity contribution in [2.75, 3.05) is 46.3 Å². The highest BCUT2D eigenvalue weighted by molar-refractivity contribution is 5.87. The Labute approximate surface area is 151 Å². The first kappa shape index (κ1) is 19.3. The molecule has 3 amide bonds. The van der Waals surface area contributed by atoms with E-state index in [1.807, 2.05) is 22.9 Å². The first-order valence-corrected chi connectivity index (χ1v) is 9.23. The lowest BCUT2D eigenvalue weighted by Crippen LogP contribution is -2.54. The summed E-state index contributed by atoms with van der Waals surface area (Å²) >= 11 is 0. The molecule has 2 fully saturated rings. The Bertz CT molecular complexity index is 512. The molecule has 0 bridgehead atoms. The summed E-state index contributed by atoms with van der Waals surface area (Å²) < 4.78 is 0. The van der Waals surface area contributed by atoms with Gasteiger partial charge in [0.2, 0.25) is 5.91 Å². The zero-order chi connectivity index (χ0) is 18.1. The van der Waals surface area contributed by atoms with E-state index in [1.165, 1.54) is 19.3 Å². The number of nitrogens with one attached hydrogen (secondary N) is 1. The van der Waals surface area contributed by atoms with E-state index < -0.39 is 0 Å². The van der Waals surface area contributed by atoms with Gasteiger partial charge in [-0.15, -0.1) is 6.42 Å². The van der Waals surface area contributed by atoms with Crippen molar-refractivity contribution in [3.63, 3.8) is 0 Å². The van der Waals surface area contributed by atoms with Crippen molar-refractivity contribution in [3.05, 3.63) is 12.2 Å². The zero-order valence-corrected chi connectivity index (χ0v) is 15.2. The third kappa shape index (κ3) is 6.43. The Balaban J connectivity index is 1.69. The van der Waals surface area contributed by atoms with Gasteiger partial charge in [0.1, 0.15) is 0 Å². The molecule has 1 aliphatic heterocycles. The van der Waals surface area contributed by atoms with Gasteiger partial charge >= 0.3 is 6.03 Å². The Morgan fingerprint density at radius 2 is 1.80 bits per heavy atom. The van der Waals surface area contributed by atoms with Gasteiger partial charge in [0, 0.05) is 44.8 Å². The number of nitrogens with zero attached hydrogens (tertiary/aromatic N) is 3. The van der Waals surface area contributed by atoms with E-state index in [9.17, 15) is 9.59 Å². The molecule has 2 rings (SSSR count). The molecule has 2 aliphatic rings. The minimum Gasteiger partial charge on any atom is -0.336 e. The van der Waals surface area contributed by atoms with E-state index in [1.54, 1.807) is 11.0 Å². The molecule has 0 aromatic heterocycles. The number of likely N-dealkylation sites (N-methyl/N-ethyl adjacent to an activating group) is 1. The van der Waals surface area contributed by atoms with Crippen LogP contribution in [-0.2, 0) is 4.79 Å². The van der Waals surface area contributed by atoms with Crippen molar-refractivity contribution >= 4 is 11.9 Å². The summed E-state index contributed by atoms with van der Waals surface area (Å²) in [7, 11) is 1.92. The molecule has 1 saturated heterocycles. The van der Waals surface area contributed by atoms with Gasteiger partial charge < -0.3 is 15.1 Å². The van der Waals surface area contributed by atoms with Crippen molar-refractivity contribution in [2.24, 2.45) is 0 Å². The van der Waals surface area contributed by atoms with Gasteiger partial charge in [-0.3, -0.25) is 9.69 Å². The van der Waals surface area contributed by atoms with Crippen LogP contribution in [0.25, 0.3) is 0 Å². The lowest BCUT2D eigenvalue weighted by molar-refractivity contribution is -0.127. The third-order valence-corrected chi connectivity index (χ3v) is 4.85. The maximum atomic E-state index is 12.3. The molecule has 1 saturated carbocycles. The van der Waals surface area contributed by atoms with E-state index in [0.29, 0.717) is 45.3 Å². The molecule has 0 aromatic rings. The van der Waals surface area contributed by atoms with Gasteiger partial charge in [-0.2, -0.15) is 0 Å². The maximum absolute atomic E-state index is 12.3. The Hall–Kier alpha value is -2.00. The number of carbonyl (C=O) groups is 2. The highest BCUT2D eigenvalue weighted by atomic mass is 16.2. The fraction of sp³-hybridized carbons (Fsp3) is 0.684. The number of urea groups is 1. The second-order valence-electron chi connectivity index (χ2n) is 6.90. The van der Waals surface area contributed by atoms with Crippen LogP contribution in [0.5, 0.6) is 0 Å². The van der Waals surface area contributed by atoms with Crippen LogP contribution < -0.4 is 5.32 Å². The summed E-state index contributed by atoms with van der Waals surface area (Å²) in [6.45, 7) is 3.57. The molecule has 6 heteroatoms. The largest absolute Gasteiger partial charge is 0.336 e. The average molecular weight is 346 g/mol. The topological polar surface area (TPSA) is 55.9 Å². The number of terminal acetylenes is 1. The quantitative estimate of drug-likeness (QED) is 0.603. The first-order valence-electron chi connectivity index (χ1n) is 9.23. The van der Waals surface area contributed by atoms with Crippen LogP contribution in [0.4, 0.5) is 4.79 Å². The van der Waals surface area contributed by atoms with E-state index >= 15 is 0 Å². The molecule has 1 N–H and O–H groups in total. The highest BCUT2D eigenvalue weighted by Crippen LogP contribution is 2.17. The average Bonchev–Trinajstić information content (AvgIpc) is 2.63. The maximum Gasteiger partial charge on any atom is 0.317 e. The summed E-state index contributed by atoms with van der Waals surface area (Å²) in [5.41, 5.74) is 0. The van der Waals surface area contributed by atoms with Crippen LogP contribution >= 0.6 is 0 Å². The fourth-order valence-corrected chi connectivity index (χ4v) is 3.30. The summed E-state index contributed by atoms with van der Waals surface area (Å²) in [5, 5.41) is 3.14. The van der Waals surface area contributed by atoms with Crippen molar-refractivity contribution in [1.82, 2.24) is 20.0 Å². The van der Waals surface area contributed by atoms with E-state index in [4.69, 9.17) is 6.42 Å². The second kappa shape index (κ2) is 10.1. The molecule has 1 heterocycles. The molecule has 1 aliphatic carbocycles. The lowest BCUT2D eigenvalue weighted by Gasteiger charge is -2.35. The van der Waals surface area contributed by atoms with E-state index in [2.05, 4.69) is 11.2 Å². The van der Waals surface area contributed by atoms with E-state index in [-0.39, 0.29) is 11.9 Å². The summed E-state index contributed by atoms with van der Waals surface area (Å²) in [5.74, 6) is 2.57. The molecule has 6 nitrogen and oxygen atoms in total. The summed E-state index contributed by atoms with van der Waals surface area (Å²) in [6.07, 6.45) is 14.5. The number of carbonyl (C=O) groups excluding carboxylic acids is 2. The smallest absolute Gasteiger partial charge is 0.317 e.